The highest BCUT2D eigenvalue weighted by Gasteiger charge is 2.07. The Balaban J connectivity index is 2.15. The summed E-state index contributed by atoms with van der Waals surface area (Å²) in [4.78, 5) is 15.7. The largest absolute Gasteiger partial charge is 0.292 e. The van der Waals surface area contributed by atoms with E-state index in [4.69, 9.17) is 0 Å². The minimum absolute atomic E-state index is 0.0456. The second-order valence-corrected chi connectivity index (χ2v) is 3.25. The lowest BCUT2D eigenvalue weighted by Gasteiger charge is -2.02. The fourth-order valence-electron chi connectivity index (χ4n) is 1.33. The quantitative estimate of drug-likeness (QED) is 0.706. The Morgan fingerprint density at radius 3 is 2.67 bits per heavy atom. The van der Waals surface area contributed by atoms with Gasteiger partial charge in [0.25, 0.3) is 0 Å². The third-order valence-corrected chi connectivity index (χ3v) is 2.20. The molecule has 0 aliphatic carbocycles. The van der Waals surface area contributed by atoms with E-state index in [-0.39, 0.29) is 12.3 Å². The molecule has 0 bridgehead atoms. The van der Waals surface area contributed by atoms with E-state index >= 15 is 0 Å². The van der Waals surface area contributed by atoms with Crippen LogP contribution in [-0.2, 0) is 6.54 Å². The molecule has 0 aliphatic rings. The summed E-state index contributed by atoms with van der Waals surface area (Å²) < 4.78 is 1.59. The maximum absolute atomic E-state index is 11.8. The molecule has 4 nitrogen and oxygen atoms in total. The molecule has 0 spiro atoms. The van der Waals surface area contributed by atoms with Crippen LogP contribution in [0.1, 0.15) is 16.2 Å². The number of Topliss-reactive ketones (excluding diaryl/α,β-unsaturated/α-hetero) is 1. The highest BCUT2D eigenvalue weighted by molar-refractivity contribution is 5.95. The summed E-state index contributed by atoms with van der Waals surface area (Å²) in [6, 6.07) is 9.18. The minimum atomic E-state index is 0.0456. The standard InChI is InChI=1S/C11H11N3O/c1-9-12-8-13-14(9)7-11(15)10-5-3-2-4-6-10/h2-6,8H,7H2,1H3. The first kappa shape index (κ1) is 9.58. The average molecular weight is 201 g/mol. The molecule has 2 rings (SSSR count). The molecule has 15 heavy (non-hydrogen) atoms. The number of carbonyl (C=O) groups is 1. The summed E-state index contributed by atoms with van der Waals surface area (Å²) in [7, 11) is 0. The molecule has 1 aromatic heterocycles. The molecule has 76 valence electrons. The number of aromatic nitrogens is 3. The summed E-state index contributed by atoms with van der Waals surface area (Å²) >= 11 is 0. The maximum Gasteiger partial charge on any atom is 0.184 e. The van der Waals surface area contributed by atoms with Gasteiger partial charge in [-0.25, -0.2) is 9.67 Å². The fourth-order valence-corrected chi connectivity index (χ4v) is 1.33. The second kappa shape index (κ2) is 4.04. The van der Waals surface area contributed by atoms with Crippen LogP contribution in [0.5, 0.6) is 0 Å². The van der Waals surface area contributed by atoms with Gasteiger partial charge in [0.2, 0.25) is 0 Å². The van der Waals surface area contributed by atoms with Crippen LogP contribution in [0, 0.1) is 6.92 Å². The van der Waals surface area contributed by atoms with Gasteiger partial charge in [-0.15, -0.1) is 0 Å². The number of ketones is 1. The smallest absolute Gasteiger partial charge is 0.184 e. The van der Waals surface area contributed by atoms with Crippen molar-refractivity contribution in [3.05, 3.63) is 48.0 Å². The predicted molar refractivity (Wildman–Crippen MR) is 55.5 cm³/mol. The van der Waals surface area contributed by atoms with E-state index in [9.17, 15) is 4.79 Å². The number of rotatable bonds is 3. The lowest BCUT2D eigenvalue weighted by molar-refractivity contribution is 0.0966. The molecule has 0 saturated heterocycles. The summed E-state index contributed by atoms with van der Waals surface area (Å²) in [6.45, 7) is 2.07. The number of carbonyl (C=O) groups excluding carboxylic acids is 1. The van der Waals surface area contributed by atoms with Crippen molar-refractivity contribution in [3.63, 3.8) is 0 Å². The highest BCUT2D eigenvalue weighted by Crippen LogP contribution is 2.02. The first-order chi connectivity index (χ1) is 7.27. The number of hydrogen-bond donors (Lipinski definition) is 0. The average Bonchev–Trinajstić information content (AvgIpc) is 2.66. The normalized spacial score (nSPS) is 10.2. The molecule has 0 amide bonds. The summed E-state index contributed by atoms with van der Waals surface area (Å²) in [5, 5.41) is 3.97. The predicted octanol–water partition coefficient (Wildman–Crippen LogP) is 1.47. The number of hydrogen-bond acceptors (Lipinski definition) is 3. The molecular weight excluding hydrogens is 190 g/mol. The zero-order chi connectivity index (χ0) is 10.7. The Bertz CT molecular complexity index is 462. The van der Waals surface area contributed by atoms with Crippen LogP contribution in [0.2, 0.25) is 0 Å². The van der Waals surface area contributed by atoms with E-state index in [2.05, 4.69) is 10.1 Å². The van der Waals surface area contributed by atoms with Crippen molar-refractivity contribution in [1.82, 2.24) is 14.8 Å². The van der Waals surface area contributed by atoms with Gasteiger partial charge in [0.1, 0.15) is 18.7 Å². The fraction of sp³-hybridized carbons (Fsp3) is 0.182. The van der Waals surface area contributed by atoms with Crippen molar-refractivity contribution in [1.29, 1.82) is 0 Å². The Hall–Kier alpha value is -1.97. The Labute approximate surface area is 87.6 Å². The topological polar surface area (TPSA) is 47.8 Å². The van der Waals surface area contributed by atoms with Gasteiger partial charge in [0.05, 0.1) is 0 Å². The van der Waals surface area contributed by atoms with Crippen molar-refractivity contribution in [3.8, 4) is 0 Å². The molecule has 4 heteroatoms. The van der Waals surface area contributed by atoms with Crippen molar-refractivity contribution < 1.29 is 4.79 Å². The molecule has 0 atom stereocenters. The van der Waals surface area contributed by atoms with Gasteiger partial charge in [-0.3, -0.25) is 4.79 Å². The molecule has 2 aromatic rings. The second-order valence-electron chi connectivity index (χ2n) is 3.25. The van der Waals surface area contributed by atoms with E-state index in [1.54, 1.807) is 16.8 Å². The first-order valence-electron chi connectivity index (χ1n) is 4.70. The van der Waals surface area contributed by atoms with Crippen molar-refractivity contribution in [2.24, 2.45) is 0 Å². The molecule has 0 unspecified atom stereocenters. The number of aryl methyl sites for hydroxylation is 1. The van der Waals surface area contributed by atoms with Crippen LogP contribution in [0.4, 0.5) is 0 Å². The number of nitrogens with zero attached hydrogens (tertiary/aromatic N) is 3. The molecule has 0 aliphatic heterocycles. The van der Waals surface area contributed by atoms with Crippen molar-refractivity contribution >= 4 is 5.78 Å². The molecule has 0 fully saturated rings. The van der Waals surface area contributed by atoms with E-state index in [0.717, 1.165) is 5.82 Å². The van der Waals surface area contributed by atoms with E-state index in [1.165, 1.54) is 6.33 Å². The summed E-state index contributed by atoms with van der Waals surface area (Å²) in [5.74, 6) is 0.795. The van der Waals surface area contributed by atoms with E-state index < -0.39 is 0 Å². The van der Waals surface area contributed by atoms with Crippen molar-refractivity contribution in [2.75, 3.05) is 0 Å². The maximum atomic E-state index is 11.8. The molecular formula is C11H11N3O. The minimum Gasteiger partial charge on any atom is -0.292 e. The molecule has 0 radical (unpaired) electrons. The van der Waals surface area contributed by atoms with Crippen LogP contribution in [-0.4, -0.2) is 20.5 Å². The van der Waals surface area contributed by atoms with Gasteiger partial charge >= 0.3 is 0 Å². The Morgan fingerprint density at radius 2 is 2.07 bits per heavy atom. The summed E-state index contributed by atoms with van der Waals surface area (Å²) in [5.41, 5.74) is 0.701. The van der Waals surface area contributed by atoms with Gasteiger partial charge in [-0.2, -0.15) is 5.10 Å². The van der Waals surface area contributed by atoms with Gasteiger partial charge in [-0.1, -0.05) is 30.3 Å². The lowest BCUT2D eigenvalue weighted by Crippen LogP contribution is -2.12. The first-order valence-corrected chi connectivity index (χ1v) is 4.70. The summed E-state index contributed by atoms with van der Waals surface area (Å²) in [6.07, 6.45) is 1.45. The van der Waals surface area contributed by atoms with E-state index in [1.807, 2.05) is 25.1 Å². The van der Waals surface area contributed by atoms with Gasteiger partial charge < -0.3 is 0 Å². The van der Waals surface area contributed by atoms with Crippen LogP contribution < -0.4 is 0 Å². The van der Waals surface area contributed by atoms with Gasteiger partial charge in [0.15, 0.2) is 5.78 Å². The lowest BCUT2D eigenvalue weighted by atomic mass is 10.1. The van der Waals surface area contributed by atoms with Crippen molar-refractivity contribution in [2.45, 2.75) is 13.5 Å². The Morgan fingerprint density at radius 1 is 1.33 bits per heavy atom. The molecule has 1 aromatic carbocycles. The zero-order valence-corrected chi connectivity index (χ0v) is 8.42. The third-order valence-electron chi connectivity index (χ3n) is 2.20. The van der Waals surface area contributed by atoms with Crippen LogP contribution >= 0.6 is 0 Å². The molecule has 0 N–H and O–H groups in total. The van der Waals surface area contributed by atoms with E-state index in [0.29, 0.717) is 5.56 Å². The van der Waals surface area contributed by atoms with Crippen LogP contribution in [0.15, 0.2) is 36.7 Å². The SMILES string of the molecule is Cc1ncnn1CC(=O)c1ccccc1. The van der Waals surface area contributed by atoms with Gasteiger partial charge in [0, 0.05) is 5.56 Å². The number of benzene rings is 1. The highest BCUT2D eigenvalue weighted by atomic mass is 16.1. The molecule has 0 saturated carbocycles. The zero-order valence-electron chi connectivity index (χ0n) is 8.42. The third kappa shape index (κ3) is 2.10. The Kier molecular flexibility index (Phi) is 2.58. The van der Waals surface area contributed by atoms with Crippen LogP contribution in [0.3, 0.4) is 0 Å². The van der Waals surface area contributed by atoms with Crippen LogP contribution in [0.25, 0.3) is 0 Å². The van der Waals surface area contributed by atoms with Gasteiger partial charge in [-0.05, 0) is 6.92 Å². The monoisotopic (exact) mass is 201 g/mol. The molecule has 1 heterocycles.